The molecule has 2 unspecified atom stereocenters. The first-order valence-electron chi connectivity index (χ1n) is 16.1. The minimum atomic E-state index is -0.515. The van der Waals surface area contributed by atoms with Crippen molar-refractivity contribution in [3.63, 3.8) is 0 Å². The number of piperazine rings is 1. The Bertz CT molecular complexity index is 1540. The quantitative estimate of drug-likeness (QED) is 0.350. The van der Waals surface area contributed by atoms with E-state index in [2.05, 4.69) is 46.0 Å². The van der Waals surface area contributed by atoms with Crippen molar-refractivity contribution in [2.24, 2.45) is 0 Å². The smallest absolute Gasteiger partial charge is 0.410 e. The maximum Gasteiger partial charge on any atom is 0.410 e. The molecule has 10 heteroatoms. The Kier molecular flexibility index (Phi) is 7.73. The SMILES string of the molecule is CN1CCC[C@H]1COc1nc2c(c(N3CC4CCC(C3)N4C(=O)OC(C)(C)C)n1)CCN(c1cccc3cccc(Cl)c13)C2. The van der Waals surface area contributed by atoms with Crippen LogP contribution in [0.25, 0.3) is 10.8 Å². The van der Waals surface area contributed by atoms with E-state index in [0.29, 0.717) is 25.2 Å². The van der Waals surface area contributed by atoms with E-state index >= 15 is 0 Å². The zero-order valence-electron chi connectivity index (χ0n) is 26.3. The lowest BCUT2D eigenvalue weighted by Crippen LogP contribution is -2.57. The summed E-state index contributed by atoms with van der Waals surface area (Å²) in [5, 5.41) is 2.97. The number of aromatic nitrogens is 2. The summed E-state index contributed by atoms with van der Waals surface area (Å²) in [5.74, 6) is 0.959. The lowest BCUT2D eigenvalue weighted by atomic mass is 10.0. The minimum absolute atomic E-state index is 0.101. The van der Waals surface area contributed by atoms with E-state index in [4.69, 9.17) is 31.0 Å². The van der Waals surface area contributed by atoms with Gasteiger partial charge in [0.2, 0.25) is 0 Å². The molecule has 2 bridgehead atoms. The summed E-state index contributed by atoms with van der Waals surface area (Å²) in [6.45, 7) is 10.4. The van der Waals surface area contributed by atoms with Gasteiger partial charge in [0.1, 0.15) is 18.0 Å². The molecular weight excluding hydrogens is 576 g/mol. The molecule has 1 aromatic heterocycles. The van der Waals surface area contributed by atoms with Gasteiger partial charge in [-0.15, -0.1) is 0 Å². The second-order valence-corrected chi connectivity index (χ2v) is 14.2. The minimum Gasteiger partial charge on any atom is -0.462 e. The van der Waals surface area contributed by atoms with Gasteiger partial charge in [-0.1, -0.05) is 35.9 Å². The average molecular weight is 619 g/mol. The second kappa shape index (κ2) is 11.6. The number of carbonyl (C=O) groups excluding carboxylic acids is 1. The van der Waals surface area contributed by atoms with Crippen LogP contribution in [0.2, 0.25) is 5.02 Å². The number of rotatable bonds is 5. The molecule has 3 fully saturated rings. The Hall–Kier alpha value is -3.30. The van der Waals surface area contributed by atoms with Crippen molar-refractivity contribution in [3.8, 4) is 6.01 Å². The largest absolute Gasteiger partial charge is 0.462 e. The molecule has 1 amide bonds. The topological polar surface area (TPSA) is 74.3 Å². The van der Waals surface area contributed by atoms with Gasteiger partial charge in [-0.05, 0) is 84.0 Å². The summed E-state index contributed by atoms with van der Waals surface area (Å²) in [5.41, 5.74) is 2.79. The molecular formula is C34H43ClN6O3. The van der Waals surface area contributed by atoms with Gasteiger partial charge >= 0.3 is 12.1 Å². The number of likely N-dealkylation sites (tertiary alicyclic amines) is 1. The zero-order valence-corrected chi connectivity index (χ0v) is 27.0. The number of benzene rings is 2. The van der Waals surface area contributed by atoms with Crippen LogP contribution >= 0.6 is 11.6 Å². The van der Waals surface area contributed by atoms with Gasteiger partial charge in [-0.25, -0.2) is 4.79 Å². The number of nitrogens with zero attached hydrogens (tertiary/aromatic N) is 6. The van der Waals surface area contributed by atoms with E-state index in [9.17, 15) is 4.79 Å². The van der Waals surface area contributed by atoms with Gasteiger partial charge in [0.25, 0.3) is 0 Å². The van der Waals surface area contributed by atoms with Crippen molar-refractivity contribution in [3.05, 3.63) is 52.7 Å². The number of ether oxygens (including phenoxy) is 2. The van der Waals surface area contributed by atoms with Crippen LogP contribution < -0.4 is 14.5 Å². The van der Waals surface area contributed by atoms with Gasteiger partial charge in [0, 0.05) is 42.3 Å². The zero-order chi connectivity index (χ0) is 30.6. The standard InChI is InChI=1S/C34H43ClN6O3/c1-34(2,3)44-33(42)41-23-13-14-24(41)19-40(18-23)31-26-15-17-39(29-12-6-9-22-8-5-11-27(35)30(22)29)20-28(26)36-32(37-31)43-21-25-10-7-16-38(25)4/h5-6,8-9,11-12,23-25H,7,10,13-21H2,1-4H3/t23?,24?,25-/m0/s1. The highest BCUT2D eigenvalue weighted by Gasteiger charge is 2.45. The molecule has 0 saturated carbocycles. The normalized spacial score (nSPS) is 23.8. The van der Waals surface area contributed by atoms with Crippen molar-refractivity contribution in [2.75, 3.05) is 49.6 Å². The molecule has 0 aliphatic carbocycles. The number of hydrogen-bond acceptors (Lipinski definition) is 8. The monoisotopic (exact) mass is 618 g/mol. The molecule has 0 spiro atoms. The highest BCUT2D eigenvalue weighted by atomic mass is 35.5. The van der Waals surface area contributed by atoms with Gasteiger partial charge in [0.05, 0.1) is 29.3 Å². The van der Waals surface area contributed by atoms with E-state index in [1.165, 1.54) is 12.0 Å². The fourth-order valence-electron chi connectivity index (χ4n) is 7.51. The van der Waals surface area contributed by atoms with Crippen LogP contribution in [0.5, 0.6) is 6.01 Å². The third-order valence-corrected chi connectivity index (χ3v) is 9.97. The number of amides is 1. The molecule has 7 rings (SSSR count). The predicted octanol–water partition coefficient (Wildman–Crippen LogP) is 5.91. The van der Waals surface area contributed by atoms with Crippen molar-refractivity contribution in [1.82, 2.24) is 19.8 Å². The molecule has 3 atom stereocenters. The molecule has 4 aliphatic heterocycles. The molecule has 4 aliphatic rings. The van der Waals surface area contributed by atoms with Crippen LogP contribution in [-0.2, 0) is 17.7 Å². The summed E-state index contributed by atoms with van der Waals surface area (Å²) in [4.78, 5) is 32.4. The maximum absolute atomic E-state index is 13.2. The Balaban J connectivity index is 1.20. The third kappa shape index (κ3) is 5.65. The number of anilines is 2. The first-order chi connectivity index (χ1) is 21.1. The second-order valence-electron chi connectivity index (χ2n) is 13.8. The van der Waals surface area contributed by atoms with Crippen LogP contribution in [-0.4, -0.2) is 89.4 Å². The van der Waals surface area contributed by atoms with Crippen molar-refractivity contribution >= 4 is 40.0 Å². The lowest BCUT2D eigenvalue weighted by Gasteiger charge is -2.43. The summed E-state index contributed by atoms with van der Waals surface area (Å²) in [6, 6.07) is 13.5. The fraction of sp³-hybridized carbons (Fsp3) is 0.559. The fourth-order valence-corrected chi connectivity index (χ4v) is 7.79. The number of hydrogen-bond donors (Lipinski definition) is 0. The van der Waals surface area contributed by atoms with Gasteiger partial charge < -0.3 is 24.2 Å². The molecule has 3 saturated heterocycles. The van der Waals surface area contributed by atoms with Crippen LogP contribution in [0.1, 0.15) is 57.7 Å². The van der Waals surface area contributed by atoms with E-state index in [1.807, 2.05) is 37.8 Å². The van der Waals surface area contributed by atoms with Crippen molar-refractivity contribution < 1.29 is 14.3 Å². The first kappa shape index (κ1) is 29.4. The highest BCUT2D eigenvalue weighted by molar-refractivity contribution is 6.36. The number of halogens is 1. The van der Waals surface area contributed by atoms with Crippen LogP contribution in [0.15, 0.2) is 36.4 Å². The molecule has 5 heterocycles. The van der Waals surface area contributed by atoms with Crippen LogP contribution in [0, 0.1) is 0 Å². The summed E-state index contributed by atoms with van der Waals surface area (Å²) in [7, 11) is 2.16. The lowest BCUT2D eigenvalue weighted by molar-refractivity contribution is 0.0122. The Morgan fingerprint density at radius 1 is 1.00 bits per heavy atom. The van der Waals surface area contributed by atoms with E-state index in [1.54, 1.807) is 0 Å². The number of fused-ring (bicyclic) bond motifs is 4. The first-order valence-corrected chi connectivity index (χ1v) is 16.4. The van der Waals surface area contributed by atoms with Crippen molar-refractivity contribution in [1.29, 1.82) is 0 Å². The molecule has 3 aromatic rings. The van der Waals surface area contributed by atoms with Crippen LogP contribution in [0.4, 0.5) is 16.3 Å². The summed E-state index contributed by atoms with van der Waals surface area (Å²) < 4.78 is 12.2. The van der Waals surface area contributed by atoms with Crippen LogP contribution in [0.3, 0.4) is 0 Å². The van der Waals surface area contributed by atoms with Gasteiger partial charge in [-0.3, -0.25) is 4.90 Å². The number of carbonyl (C=O) groups is 1. The van der Waals surface area contributed by atoms with E-state index in [-0.39, 0.29) is 18.2 Å². The predicted molar refractivity (Wildman–Crippen MR) is 174 cm³/mol. The van der Waals surface area contributed by atoms with Gasteiger partial charge in [-0.2, -0.15) is 9.97 Å². The Labute approximate surface area is 265 Å². The number of likely N-dealkylation sites (N-methyl/N-ethyl adjacent to an activating group) is 1. The molecule has 2 aromatic carbocycles. The Morgan fingerprint density at radius 2 is 1.75 bits per heavy atom. The molecule has 0 N–H and O–H groups in total. The van der Waals surface area contributed by atoms with Gasteiger partial charge in [0.15, 0.2) is 0 Å². The van der Waals surface area contributed by atoms with Crippen molar-refractivity contribution in [2.45, 2.75) is 83.1 Å². The Morgan fingerprint density at radius 3 is 2.45 bits per heavy atom. The summed E-state index contributed by atoms with van der Waals surface area (Å²) >= 11 is 6.73. The highest BCUT2D eigenvalue weighted by Crippen LogP contribution is 2.39. The molecule has 234 valence electrons. The summed E-state index contributed by atoms with van der Waals surface area (Å²) in [6.07, 6.45) is 4.87. The molecule has 9 nitrogen and oxygen atoms in total. The average Bonchev–Trinajstić information content (AvgIpc) is 3.52. The molecule has 44 heavy (non-hydrogen) atoms. The van der Waals surface area contributed by atoms with E-state index < -0.39 is 5.60 Å². The third-order valence-electron chi connectivity index (χ3n) is 9.66. The maximum atomic E-state index is 13.2. The van der Waals surface area contributed by atoms with E-state index in [0.717, 1.165) is 84.9 Å². The molecule has 0 radical (unpaired) electrons.